The van der Waals surface area contributed by atoms with Gasteiger partial charge in [0.2, 0.25) is 5.95 Å². The Morgan fingerprint density at radius 2 is 1.68 bits per heavy atom. The average Bonchev–Trinajstić information content (AvgIpc) is 2.78. The number of anilines is 2. The fourth-order valence-corrected chi connectivity index (χ4v) is 4.32. The Labute approximate surface area is 189 Å². The third kappa shape index (κ3) is 5.54. The van der Waals surface area contributed by atoms with E-state index in [-0.39, 0.29) is 0 Å². The highest BCUT2D eigenvalue weighted by atomic mass is 35.5. The van der Waals surface area contributed by atoms with E-state index in [1.165, 1.54) is 0 Å². The van der Waals surface area contributed by atoms with E-state index in [1.807, 2.05) is 61.5 Å². The van der Waals surface area contributed by atoms with E-state index in [0.29, 0.717) is 12.1 Å². The minimum absolute atomic E-state index is 0.410. The van der Waals surface area contributed by atoms with Gasteiger partial charge in [-0.25, -0.2) is 4.98 Å². The maximum Gasteiger partial charge on any atom is 0.225 e. The minimum Gasteiger partial charge on any atom is -0.362 e. The summed E-state index contributed by atoms with van der Waals surface area (Å²) in [5.41, 5.74) is 2.04. The predicted octanol–water partition coefficient (Wildman–Crippen LogP) is 5.38. The largest absolute Gasteiger partial charge is 0.362 e. The molecule has 0 unspecified atom stereocenters. The van der Waals surface area contributed by atoms with Gasteiger partial charge in [0.25, 0.3) is 0 Å². The van der Waals surface area contributed by atoms with Crippen LogP contribution in [-0.2, 0) is 0 Å². The number of hydrogen-bond donors (Lipinski definition) is 2. The van der Waals surface area contributed by atoms with E-state index in [4.69, 9.17) is 21.6 Å². The van der Waals surface area contributed by atoms with Crippen molar-refractivity contribution in [3.63, 3.8) is 0 Å². The summed E-state index contributed by atoms with van der Waals surface area (Å²) in [7, 11) is 4.05. The van der Waals surface area contributed by atoms with Gasteiger partial charge in [0.1, 0.15) is 5.82 Å². The average molecular weight is 436 g/mol. The van der Waals surface area contributed by atoms with E-state index >= 15 is 0 Å². The van der Waals surface area contributed by atoms with Crippen molar-refractivity contribution >= 4 is 40.3 Å². The molecule has 31 heavy (non-hydrogen) atoms. The van der Waals surface area contributed by atoms with Gasteiger partial charge >= 0.3 is 0 Å². The van der Waals surface area contributed by atoms with Crippen LogP contribution in [0.4, 0.5) is 11.8 Å². The van der Waals surface area contributed by atoms with Crippen LogP contribution in [0.1, 0.15) is 31.2 Å². The van der Waals surface area contributed by atoms with Crippen LogP contribution in [0.5, 0.6) is 0 Å². The van der Waals surface area contributed by atoms with Gasteiger partial charge in [0, 0.05) is 43.1 Å². The Morgan fingerprint density at radius 1 is 0.968 bits per heavy atom. The Hall–Kier alpha value is -2.63. The van der Waals surface area contributed by atoms with Gasteiger partial charge in [0.15, 0.2) is 0 Å². The number of benzene rings is 2. The molecule has 1 aliphatic carbocycles. The molecule has 1 heterocycles. The molecule has 0 aliphatic heterocycles. The molecule has 1 saturated carbocycles. The van der Waals surface area contributed by atoms with E-state index in [2.05, 4.69) is 28.9 Å². The van der Waals surface area contributed by atoms with Gasteiger partial charge < -0.3 is 15.5 Å². The topological polar surface area (TPSA) is 53.1 Å². The zero-order chi connectivity index (χ0) is 21.6. The van der Waals surface area contributed by atoms with Crippen molar-refractivity contribution in [2.75, 3.05) is 30.9 Å². The van der Waals surface area contributed by atoms with Crippen molar-refractivity contribution in [2.45, 2.75) is 37.8 Å². The first kappa shape index (κ1) is 21.6. The summed E-state index contributed by atoms with van der Waals surface area (Å²) in [6.45, 7) is 0.855. The number of nitrogens with zero attached hydrogens (tertiary/aromatic N) is 3. The van der Waals surface area contributed by atoms with Crippen molar-refractivity contribution in [1.29, 1.82) is 0 Å². The van der Waals surface area contributed by atoms with Gasteiger partial charge in [0.05, 0.1) is 5.52 Å². The number of halogens is 1. The van der Waals surface area contributed by atoms with Gasteiger partial charge in [-0.05, 0) is 49.4 Å². The SMILES string of the molecule is CN(C)c1nc(NC2CCC(NCC=Cc3ccccc3Cl)CC2)nc2ccccc12. The highest BCUT2D eigenvalue weighted by Crippen LogP contribution is 2.26. The monoisotopic (exact) mass is 435 g/mol. The first-order valence-corrected chi connectivity index (χ1v) is 11.3. The molecule has 0 amide bonds. The number of nitrogens with one attached hydrogen (secondary N) is 2. The summed E-state index contributed by atoms with van der Waals surface area (Å²) in [6.07, 6.45) is 8.75. The van der Waals surface area contributed by atoms with Gasteiger partial charge in [-0.1, -0.05) is 54.1 Å². The Balaban J connectivity index is 1.29. The predicted molar refractivity (Wildman–Crippen MR) is 132 cm³/mol. The van der Waals surface area contributed by atoms with Crippen molar-refractivity contribution in [2.24, 2.45) is 0 Å². The maximum absolute atomic E-state index is 6.20. The molecule has 0 bridgehead atoms. The summed E-state index contributed by atoms with van der Waals surface area (Å²) < 4.78 is 0. The second-order valence-electron chi connectivity index (χ2n) is 8.31. The van der Waals surface area contributed by atoms with Gasteiger partial charge in [-0.3, -0.25) is 0 Å². The van der Waals surface area contributed by atoms with Crippen LogP contribution >= 0.6 is 11.6 Å². The van der Waals surface area contributed by atoms with Gasteiger partial charge in [-0.2, -0.15) is 4.98 Å². The van der Waals surface area contributed by atoms with Crippen molar-refractivity contribution in [1.82, 2.24) is 15.3 Å². The number of rotatable bonds is 7. The summed E-state index contributed by atoms with van der Waals surface area (Å²) >= 11 is 6.20. The Morgan fingerprint density at radius 3 is 2.45 bits per heavy atom. The molecule has 1 fully saturated rings. The molecule has 162 valence electrons. The van der Waals surface area contributed by atoms with Crippen LogP contribution in [0.2, 0.25) is 5.02 Å². The molecule has 2 aromatic carbocycles. The quantitative estimate of drug-likeness (QED) is 0.522. The van der Waals surface area contributed by atoms with E-state index in [0.717, 1.165) is 65.5 Å². The van der Waals surface area contributed by atoms with E-state index in [9.17, 15) is 0 Å². The molecule has 0 spiro atoms. The molecule has 1 aromatic heterocycles. The third-order valence-corrected chi connectivity index (χ3v) is 6.14. The molecule has 5 nitrogen and oxygen atoms in total. The highest BCUT2D eigenvalue weighted by molar-refractivity contribution is 6.32. The minimum atomic E-state index is 0.410. The van der Waals surface area contributed by atoms with Crippen LogP contribution in [0.25, 0.3) is 17.0 Å². The molecule has 1 aliphatic rings. The number of para-hydroxylation sites is 1. The lowest BCUT2D eigenvalue weighted by Gasteiger charge is -2.29. The number of fused-ring (bicyclic) bond motifs is 1. The summed E-state index contributed by atoms with van der Waals surface area (Å²) in [5.74, 6) is 1.68. The molecule has 6 heteroatoms. The maximum atomic E-state index is 6.20. The molecule has 2 N–H and O–H groups in total. The van der Waals surface area contributed by atoms with Crippen LogP contribution in [0.3, 0.4) is 0 Å². The lowest BCUT2D eigenvalue weighted by molar-refractivity contribution is 0.363. The Bertz CT molecular complexity index is 1040. The third-order valence-electron chi connectivity index (χ3n) is 5.79. The lowest BCUT2D eigenvalue weighted by atomic mass is 9.91. The highest BCUT2D eigenvalue weighted by Gasteiger charge is 2.21. The smallest absolute Gasteiger partial charge is 0.225 e. The van der Waals surface area contributed by atoms with Crippen LogP contribution in [0, 0.1) is 0 Å². The first-order valence-electron chi connectivity index (χ1n) is 11.0. The molecule has 4 rings (SSSR count). The molecule has 0 saturated heterocycles. The normalized spacial score (nSPS) is 19.1. The summed E-state index contributed by atoms with van der Waals surface area (Å²) in [6, 6.07) is 17.0. The fourth-order valence-electron chi connectivity index (χ4n) is 4.12. The molecule has 0 atom stereocenters. The zero-order valence-electron chi connectivity index (χ0n) is 18.2. The Kier molecular flexibility index (Phi) is 7.05. The molecule has 0 radical (unpaired) electrons. The van der Waals surface area contributed by atoms with E-state index < -0.39 is 0 Å². The number of hydrogen-bond acceptors (Lipinski definition) is 5. The van der Waals surface area contributed by atoms with Gasteiger partial charge in [-0.15, -0.1) is 0 Å². The second kappa shape index (κ2) is 10.1. The summed E-state index contributed by atoms with van der Waals surface area (Å²) in [5, 5.41) is 9.10. The molecular weight excluding hydrogens is 406 g/mol. The van der Waals surface area contributed by atoms with Crippen molar-refractivity contribution in [3.8, 4) is 0 Å². The standard InChI is InChI=1S/C25H30ClN5/c1-31(2)24-21-10-4-6-12-23(21)29-25(30-24)28-20-15-13-19(14-16-20)27-17-7-9-18-8-3-5-11-22(18)26/h3-12,19-20,27H,13-17H2,1-2H3,(H,28,29,30). The zero-order valence-corrected chi connectivity index (χ0v) is 18.9. The fraction of sp³-hybridized carbons (Fsp3) is 0.360. The van der Waals surface area contributed by atoms with Crippen LogP contribution in [-0.4, -0.2) is 42.7 Å². The molecule has 3 aromatic rings. The van der Waals surface area contributed by atoms with E-state index in [1.54, 1.807) is 0 Å². The first-order chi connectivity index (χ1) is 15.1. The van der Waals surface area contributed by atoms with Crippen molar-refractivity contribution < 1.29 is 0 Å². The lowest BCUT2D eigenvalue weighted by Crippen LogP contribution is -2.37. The number of aromatic nitrogens is 2. The second-order valence-corrected chi connectivity index (χ2v) is 8.71. The van der Waals surface area contributed by atoms with Crippen LogP contribution < -0.4 is 15.5 Å². The summed E-state index contributed by atoms with van der Waals surface area (Å²) in [4.78, 5) is 11.6. The molecular formula is C25H30ClN5. The van der Waals surface area contributed by atoms with Crippen LogP contribution in [0.15, 0.2) is 54.6 Å². The van der Waals surface area contributed by atoms with Crippen molar-refractivity contribution in [3.05, 3.63) is 65.2 Å².